The van der Waals surface area contributed by atoms with Crippen molar-refractivity contribution in [2.24, 2.45) is 0 Å². The molecule has 0 aliphatic rings. The lowest BCUT2D eigenvalue weighted by Crippen LogP contribution is -2.06. The number of rotatable bonds is 12. The van der Waals surface area contributed by atoms with Crippen molar-refractivity contribution in [1.29, 1.82) is 0 Å². The average Bonchev–Trinajstić information content (AvgIpc) is 1.59. The first-order valence-electron chi connectivity index (χ1n) is 45.7. The van der Waals surface area contributed by atoms with E-state index in [1.807, 2.05) is 12.1 Å². The molecule has 28 aromatic rings. The van der Waals surface area contributed by atoms with E-state index in [1.54, 1.807) is 0 Å². The van der Waals surface area contributed by atoms with E-state index in [0.29, 0.717) is 35.2 Å². The molecule has 28 rings (SSSR count). The molecular formula is C124H76N10O. The Hall–Kier alpha value is -18.3. The van der Waals surface area contributed by atoms with Gasteiger partial charge in [-0.05, 0) is 215 Å². The lowest BCUT2D eigenvalue weighted by molar-refractivity contribution is 0.666. The summed E-state index contributed by atoms with van der Waals surface area (Å²) < 4.78 is 15.7. The second kappa shape index (κ2) is 31.2. The highest BCUT2D eigenvalue weighted by molar-refractivity contribution is 6.17. The van der Waals surface area contributed by atoms with E-state index in [-0.39, 0.29) is 0 Å². The molecular weight excluding hydrogens is 1650 g/mol. The number of fused-ring (bicyclic) bond motifs is 19. The van der Waals surface area contributed by atoms with E-state index < -0.39 is 0 Å². The van der Waals surface area contributed by atoms with Crippen LogP contribution < -0.4 is 0 Å². The number of nitrogens with zero attached hydrogens (tertiary/aromatic N) is 10. The maximum absolute atomic E-state index is 6.56. The zero-order valence-corrected chi connectivity index (χ0v) is 72.8. The largest absolute Gasteiger partial charge is 0.454 e. The van der Waals surface area contributed by atoms with Crippen LogP contribution in [0.15, 0.2) is 465 Å². The van der Waals surface area contributed by atoms with Crippen molar-refractivity contribution in [3.63, 3.8) is 0 Å². The molecule has 135 heavy (non-hydrogen) atoms. The third-order valence-electron chi connectivity index (χ3n) is 27.0. The van der Waals surface area contributed by atoms with Gasteiger partial charge in [0.2, 0.25) is 11.9 Å². The predicted octanol–water partition coefficient (Wildman–Crippen LogP) is 32.0. The zero-order chi connectivity index (χ0) is 88.7. The molecule has 7 aromatic heterocycles. The minimum absolute atomic E-state index is 0.568. The summed E-state index contributed by atoms with van der Waals surface area (Å²) in [6.07, 6.45) is 0. The highest BCUT2D eigenvalue weighted by Gasteiger charge is 2.26. The number of benzene rings is 21. The fourth-order valence-corrected chi connectivity index (χ4v) is 20.6. The van der Waals surface area contributed by atoms with Gasteiger partial charge in [-0.3, -0.25) is 9.13 Å². The summed E-state index contributed by atoms with van der Waals surface area (Å²) in [6.45, 7) is 0. The summed E-state index contributed by atoms with van der Waals surface area (Å²) in [5.41, 5.74) is 25.6. The second-order valence-corrected chi connectivity index (χ2v) is 34.9. The fourth-order valence-electron chi connectivity index (χ4n) is 20.6. The van der Waals surface area contributed by atoms with Crippen molar-refractivity contribution in [2.75, 3.05) is 0 Å². The molecule has 0 bridgehead atoms. The quantitative estimate of drug-likeness (QED) is 0.120. The summed E-state index contributed by atoms with van der Waals surface area (Å²) in [5.74, 6) is 3.63. The van der Waals surface area contributed by atoms with Gasteiger partial charge >= 0.3 is 0 Å². The molecule has 21 aromatic carbocycles. The van der Waals surface area contributed by atoms with Crippen LogP contribution in [0.1, 0.15) is 0 Å². The number of furan rings is 1. The molecule has 0 spiro atoms. The molecule has 0 fully saturated rings. The van der Waals surface area contributed by atoms with E-state index in [1.165, 1.54) is 70.9 Å². The smallest absolute Gasteiger partial charge is 0.238 e. The van der Waals surface area contributed by atoms with Crippen molar-refractivity contribution >= 4 is 152 Å². The van der Waals surface area contributed by atoms with Crippen LogP contribution in [0.4, 0.5) is 0 Å². The standard InChI is InChI=1S/C65H41N5.C59H35N5O/c1-3-15-42(16-4-1)52-37-53(43-17-5-2-6-18-43)39-54(38-52)69-59-25-13-11-23-55(59)57-40-48(31-33-61(57)69)49-32-34-62-58(41-49)56-24-12-14-26-60(56)70(62)65-67-63(50-29-27-44-19-7-9-21-46(44)35-50)66-64(68-65)51-30-28-45-20-8-10-22-47(45)36-51;1-3-14-38-32-42(26-24-36(38)12-1)57-60-58(43-27-25-37-13-2-4-15-39(37)33-43)62-59(61-57)64-51-21-9-6-17-45(51)49-35-41(29-31-53(49)64)40-28-30-52-48(34-40)44-16-5-8-20-50(44)63(52)54-22-11-19-47-46-18-7-10-23-55(46)65-56(47)54/h1-41H;1-35H. The number of aromatic nitrogens is 10. The Bertz CT molecular complexity index is 9490. The van der Waals surface area contributed by atoms with Crippen molar-refractivity contribution in [3.05, 3.63) is 461 Å². The predicted molar refractivity (Wildman–Crippen MR) is 558 cm³/mol. The summed E-state index contributed by atoms with van der Waals surface area (Å²) in [5, 5.41) is 20.7. The Morgan fingerprint density at radius 2 is 0.444 bits per heavy atom. The van der Waals surface area contributed by atoms with Crippen molar-refractivity contribution in [1.82, 2.24) is 48.2 Å². The third-order valence-corrected chi connectivity index (χ3v) is 27.0. The molecule has 11 nitrogen and oxygen atoms in total. The molecule has 0 saturated heterocycles. The van der Waals surface area contributed by atoms with Gasteiger partial charge in [-0.2, -0.15) is 19.9 Å². The van der Waals surface area contributed by atoms with Crippen LogP contribution in [0.3, 0.4) is 0 Å². The summed E-state index contributed by atoms with van der Waals surface area (Å²) in [6, 6.07) is 164. The van der Waals surface area contributed by atoms with Crippen molar-refractivity contribution in [2.45, 2.75) is 0 Å². The maximum atomic E-state index is 6.56. The van der Waals surface area contributed by atoms with Gasteiger partial charge in [-0.15, -0.1) is 0 Å². The van der Waals surface area contributed by atoms with Crippen molar-refractivity contribution < 1.29 is 4.42 Å². The van der Waals surface area contributed by atoms with Gasteiger partial charge in [0.15, 0.2) is 28.9 Å². The van der Waals surface area contributed by atoms with Gasteiger partial charge in [0.25, 0.3) is 0 Å². The SMILES string of the molecule is c1ccc(-c2cc(-c3ccccc3)cc(-n3c4ccccc4c4cc(-c5ccc6c(c5)c5ccccc5n6-c5nc(-c6ccc7ccccc7c6)nc(-c6ccc7ccccc7c6)n5)ccc43)c2)cc1.c1ccc2cc(-c3nc(-c4ccc5ccccc5c4)nc(-n4c5ccccc5c5cc(-c6ccc7c(c6)c6ccccc6n7-c6cccc7c6oc6ccccc67)ccc54)n3)ccc2c1. The van der Waals surface area contributed by atoms with Crippen LogP contribution in [0, 0.1) is 0 Å². The Morgan fingerprint density at radius 1 is 0.156 bits per heavy atom. The number of para-hydroxylation sites is 6. The van der Waals surface area contributed by atoms with Gasteiger partial charge < -0.3 is 13.6 Å². The first-order chi connectivity index (χ1) is 66.9. The Labute approximate surface area is 774 Å². The number of hydrogen-bond acceptors (Lipinski definition) is 7. The van der Waals surface area contributed by atoms with Crippen LogP contribution in [0.5, 0.6) is 0 Å². The average molecular weight is 1720 g/mol. The highest BCUT2D eigenvalue weighted by atomic mass is 16.3. The molecule has 0 radical (unpaired) electrons. The molecule has 0 aliphatic heterocycles. The first kappa shape index (κ1) is 76.7. The van der Waals surface area contributed by atoms with Crippen molar-refractivity contribution in [3.8, 4) is 113 Å². The van der Waals surface area contributed by atoms with E-state index in [9.17, 15) is 0 Å². The molecule has 0 saturated carbocycles. The fraction of sp³-hybridized carbons (Fsp3) is 0. The lowest BCUT2D eigenvalue weighted by Gasteiger charge is -2.14. The Morgan fingerprint density at radius 3 is 0.830 bits per heavy atom. The highest BCUT2D eigenvalue weighted by Crippen LogP contribution is 2.46. The molecule has 0 unspecified atom stereocenters. The molecule has 0 N–H and O–H groups in total. The first-order valence-corrected chi connectivity index (χ1v) is 45.7. The third kappa shape index (κ3) is 13.0. The second-order valence-electron chi connectivity index (χ2n) is 34.9. The van der Waals surface area contributed by atoms with E-state index in [2.05, 4.69) is 467 Å². The van der Waals surface area contributed by atoms with E-state index >= 15 is 0 Å². The zero-order valence-electron chi connectivity index (χ0n) is 72.8. The van der Waals surface area contributed by atoms with Gasteiger partial charge in [-0.25, -0.2) is 9.97 Å². The Kier molecular flexibility index (Phi) is 17.7. The minimum atomic E-state index is 0.568. The van der Waals surface area contributed by atoms with E-state index in [4.69, 9.17) is 34.3 Å². The molecule has 0 aliphatic carbocycles. The van der Waals surface area contributed by atoms with E-state index in [0.717, 1.165) is 160 Å². The van der Waals surface area contributed by atoms with Gasteiger partial charge in [0, 0.05) is 81.8 Å². The normalized spacial score (nSPS) is 11.9. The van der Waals surface area contributed by atoms with Gasteiger partial charge in [0.1, 0.15) is 5.58 Å². The Balaban J connectivity index is 0.000000137. The van der Waals surface area contributed by atoms with Crippen LogP contribution in [-0.4, -0.2) is 48.2 Å². The minimum Gasteiger partial charge on any atom is -0.454 e. The monoisotopic (exact) mass is 1720 g/mol. The number of hydrogen-bond donors (Lipinski definition) is 0. The van der Waals surface area contributed by atoms with Crippen LogP contribution in [-0.2, 0) is 0 Å². The van der Waals surface area contributed by atoms with Crippen LogP contribution in [0.25, 0.3) is 266 Å². The maximum Gasteiger partial charge on any atom is 0.238 e. The summed E-state index contributed by atoms with van der Waals surface area (Å²) in [7, 11) is 0. The summed E-state index contributed by atoms with van der Waals surface area (Å²) in [4.78, 5) is 31.5. The molecule has 628 valence electrons. The lowest BCUT2D eigenvalue weighted by atomic mass is 9.98. The topological polar surface area (TPSA) is 110 Å². The molecule has 0 amide bonds. The molecule has 7 heterocycles. The van der Waals surface area contributed by atoms with Crippen LogP contribution >= 0.6 is 0 Å². The summed E-state index contributed by atoms with van der Waals surface area (Å²) >= 11 is 0. The molecule has 11 heteroatoms. The van der Waals surface area contributed by atoms with Gasteiger partial charge in [-0.1, -0.05) is 334 Å². The van der Waals surface area contributed by atoms with Gasteiger partial charge in [0.05, 0.1) is 49.8 Å². The molecule has 0 atom stereocenters. The van der Waals surface area contributed by atoms with Crippen LogP contribution in [0.2, 0.25) is 0 Å².